The lowest BCUT2D eigenvalue weighted by atomic mass is 10.3. The van der Waals surface area contributed by atoms with Gasteiger partial charge < -0.3 is 5.32 Å². The van der Waals surface area contributed by atoms with E-state index in [4.69, 9.17) is 0 Å². The Kier molecular flexibility index (Phi) is 2.91. The zero-order valence-electron chi connectivity index (χ0n) is 8.14. The summed E-state index contributed by atoms with van der Waals surface area (Å²) >= 11 is 1.59. The van der Waals surface area contributed by atoms with Gasteiger partial charge in [-0.2, -0.15) is 4.39 Å². The van der Waals surface area contributed by atoms with Crippen LogP contribution in [0.1, 0.15) is 18.0 Å². The number of thiazole rings is 1. The Morgan fingerprint density at radius 3 is 2.87 bits per heavy atom. The Labute approximate surface area is 91.0 Å². The van der Waals surface area contributed by atoms with E-state index < -0.39 is 5.95 Å². The van der Waals surface area contributed by atoms with Gasteiger partial charge in [-0.3, -0.25) is 0 Å². The van der Waals surface area contributed by atoms with Crippen LogP contribution in [0.4, 0.5) is 10.1 Å². The molecule has 1 atom stereocenters. The summed E-state index contributed by atoms with van der Waals surface area (Å²) in [5.74, 6) is -0.470. The second-order valence-electron chi connectivity index (χ2n) is 3.11. The molecule has 3 nitrogen and oxygen atoms in total. The first-order valence-electron chi connectivity index (χ1n) is 4.53. The molecule has 0 fully saturated rings. The van der Waals surface area contributed by atoms with E-state index in [0.29, 0.717) is 0 Å². The van der Waals surface area contributed by atoms with Gasteiger partial charge in [0.05, 0.1) is 17.9 Å². The molecule has 0 aliphatic heterocycles. The third-order valence-electron chi connectivity index (χ3n) is 1.93. The second kappa shape index (κ2) is 4.35. The molecule has 2 aromatic rings. The van der Waals surface area contributed by atoms with E-state index in [9.17, 15) is 4.39 Å². The molecule has 0 radical (unpaired) electrons. The third-order valence-corrected chi connectivity index (χ3v) is 2.89. The minimum Gasteiger partial charge on any atom is -0.375 e. The number of hydrogen-bond acceptors (Lipinski definition) is 4. The quantitative estimate of drug-likeness (QED) is 0.813. The molecular formula is C10H10FN3S. The van der Waals surface area contributed by atoms with Crippen molar-refractivity contribution in [3.63, 3.8) is 0 Å². The summed E-state index contributed by atoms with van der Waals surface area (Å²) in [5.41, 5.74) is 0.791. The van der Waals surface area contributed by atoms with E-state index in [2.05, 4.69) is 15.3 Å². The van der Waals surface area contributed by atoms with Gasteiger partial charge in [0.1, 0.15) is 5.01 Å². The molecule has 0 amide bonds. The van der Waals surface area contributed by atoms with Crippen molar-refractivity contribution in [1.82, 2.24) is 9.97 Å². The van der Waals surface area contributed by atoms with E-state index in [1.165, 1.54) is 12.3 Å². The monoisotopic (exact) mass is 223 g/mol. The summed E-state index contributed by atoms with van der Waals surface area (Å²) < 4.78 is 12.5. The summed E-state index contributed by atoms with van der Waals surface area (Å²) in [5, 5.41) is 6.12. The van der Waals surface area contributed by atoms with Crippen molar-refractivity contribution in [2.24, 2.45) is 0 Å². The van der Waals surface area contributed by atoms with Crippen LogP contribution in [0.3, 0.4) is 0 Å². The Balaban J connectivity index is 2.06. The lowest BCUT2D eigenvalue weighted by Gasteiger charge is -2.11. The van der Waals surface area contributed by atoms with E-state index in [1.807, 2.05) is 12.3 Å². The van der Waals surface area contributed by atoms with Crippen LogP contribution in [-0.2, 0) is 0 Å². The molecular weight excluding hydrogens is 213 g/mol. The van der Waals surface area contributed by atoms with Crippen LogP contribution < -0.4 is 5.32 Å². The van der Waals surface area contributed by atoms with Crippen LogP contribution in [-0.4, -0.2) is 9.97 Å². The van der Waals surface area contributed by atoms with Crippen molar-refractivity contribution in [1.29, 1.82) is 0 Å². The molecule has 15 heavy (non-hydrogen) atoms. The topological polar surface area (TPSA) is 37.8 Å². The molecule has 2 aromatic heterocycles. The zero-order chi connectivity index (χ0) is 10.7. The van der Waals surface area contributed by atoms with E-state index in [0.717, 1.165) is 10.7 Å². The molecule has 2 rings (SSSR count). The highest BCUT2D eigenvalue weighted by molar-refractivity contribution is 7.09. The average Bonchev–Trinajstić information content (AvgIpc) is 2.74. The highest BCUT2D eigenvalue weighted by Gasteiger charge is 2.07. The minimum absolute atomic E-state index is 0.109. The van der Waals surface area contributed by atoms with E-state index >= 15 is 0 Å². The van der Waals surface area contributed by atoms with Crippen LogP contribution in [0.15, 0.2) is 29.9 Å². The average molecular weight is 223 g/mol. The molecule has 0 spiro atoms. The van der Waals surface area contributed by atoms with E-state index in [1.54, 1.807) is 23.6 Å². The number of aromatic nitrogens is 2. The molecule has 5 heteroatoms. The van der Waals surface area contributed by atoms with Crippen LogP contribution in [0.25, 0.3) is 0 Å². The van der Waals surface area contributed by atoms with Gasteiger partial charge in [0.25, 0.3) is 0 Å². The SMILES string of the molecule is CC(Nc1ccc(F)nc1)c1nccs1. The predicted octanol–water partition coefficient (Wildman–Crippen LogP) is 2.85. The smallest absolute Gasteiger partial charge is 0.212 e. The van der Waals surface area contributed by atoms with Gasteiger partial charge in [0.15, 0.2) is 0 Å². The first-order valence-corrected chi connectivity index (χ1v) is 5.41. The Morgan fingerprint density at radius 1 is 1.40 bits per heavy atom. The summed E-state index contributed by atoms with van der Waals surface area (Å²) in [6.45, 7) is 2.00. The number of nitrogens with one attached hydrogen (secondary N) is 1. The van der Waals surface area contributed by atoms with Gasteiger partial charge in [-0.05, 0) is 19.1 Å². The maximum atomic E-state index is 12.5. The number of rotatable bonds is 3. The zero-order valence-corrected chi connectivity index (χ0v) is 8.96. The normalized spacial score (nSPS) is 12.4. The van der Waals surface area contributed by atoms with Gasteiger partial charge in [0.2, 0.25) is 5.95 Å². The third kappa shape index (κ3) is 2.50. The van der Waals surface area contributed by atoms with Gasteiger partial charge in [-0.1, -0.05) is 0 Å². The first kappa shape index (κ1) is 10.0. The molecule has 0 aliphatic carbocycles. The van der Waals surface area contributed by atoms with Crippen molar-refractivity contribution >= 4 is 17.0 Å². The van der Waals surface area contributed by atoms with Gasteiger partial charge in [-0.25, -0.2) is 9.97 Å². The molecule has 78 valence electrons. The summed E-state index contributed by atoms with van der Waals surface area (Å²) in [6.07, 6.45) is 3.24. The Bertz CT molecular complexity index is 413. The van der Waals surface area contributed by atoms with Gasteiger partial charge in [0, 0.05) is 11.6 Å². The summed E-state index contributed by atoms with van der Waals surface area (Å²) in [7, 11) is 0. The van der Waals surface area contributed by atoms with Crippen LogP contribution in [0, 0.1) is 5.95 Å². The van der Waals surface area contributed by atoms with E-state index in [-0.39, 0.29) is 6.04 Å². The fourth-order valence-electron chi connectivity index (χ4n) is 1.22. The molecule has 0 aromatic carbocycles. The maximum Gasteiger partial charge on any atom is 0.212 e. The molecule has 0 bridgehead atoms. The molecule has 0 aliphatic rings. The molecule has 0 saturated carbocycles. The van der Waals surface area contributed by atoms with Crippen molar-refractivity contribution in [3.8, 4) is 0 Å². The molecule has 1 unspecified atom stereocenters. The van der Waals surface area contributed by atoms with Crippen LogP contribution in [0.5, 0.6) is 0 Å². The number of pyridine rings is 1. The lowest BCUT2D eigenvalue weighted by molar-refractivity contribution is 0.584. The van der Waals surface area contributed by atoms with Crippen molar-refractivity contribution < 1.29 is 4.39 Å². The second-order valence-corrected chi connectivity index (χ2v) is 4.03. The predicted molar refractivity (Wildman–Crippen MR) is 58.3 cm³/mol. The van der Waals surface area contributed by atoms with Gasteiger partial charge in [-0.15, -0.1) is 11.3 Å². The minimum atomic E-state index is -0.470. The molecule has 1 N–H and O–H groups in total. The van der Waals surface area contributed by atoms with Crippen LogP contribution >= 0.6 is 11.3 Å². The standard InChI is InChI=1S/C10H10FN3S/c1-7(10-12-4-5-15-10)14-8-2-3-9(11)13-6-8/h2-7,14H,1H3. The number of nitrogens with zero attached hydrogens (tertiary/aromatic N) is 2. The number of halogens is 1. The summed E-state index contributed by atoms with van der Waals surface area (Å²) in [4.78, 5) is 7.76. The Morgan fingerprint density at radius 2 is 2.27 bits per heavy atom. The van der Waals surface area contributed by atoms with Crippen LogP contribution in [0.2, 0.25) is 0 Å². The molecule has 0 saturated heterocycles. The fourth-order valence-corrected chi connectivity index (χ4v) is 1.87. The lowest BCUT2D eigenvalue weighted by Crippen LogP contribution is -2.06. The van der Waals surface area contributed by atoms with Crippen molar-refractivity contribution in [3.05, 3.63) is 40.9 Å². The fraction of sp³-hybridized carbons (Fsp3) is 0.200. The van der Waals surface area contributed by atoms with Crippen molar-refractivity contribution in [2.75, 3.05) is 5.32 Å². The molecule has 2 heterocycles. The number of hydrogen-bond donors (Lipinski definition) is 1. The summed E-state index contributed by atoms with van der Waals surface area (Å²) in [6, 6.07) is 3.10. The highest BCUT2D eigenvalue weighted by atomic mass is 32.1. The van der Waals surface area contributed by atoms with Gasteiger partial charge >= 0.3 is 0 Å². The Hall–Kier alpha value is -1.49. The maximum absolute atomic E-state index is 12.5. The van der Waals surface area contributed by atoms with Crippen molar-refractivity contribution in [2.45, 2.75) is 13.0 Å². The first-order chi connectivity index (χ1) is 7.25. The highest BCUT2D eigenvalue weighted by Crippen LogP contribution is 2.19. The number of anilines is 1. The largest absolute Gasteiger partial charge is 0.375 e.